The highest BCUT2D eigenvalue weighted by Crippen LogP contribution is 2.33. The van der Waals surface area contributed by atoms with Crippen molar-refractivity contribution in [2.24, 2.45) is 0 Å². The zero-order chi connectivity index (χ0) is 14.1. The molecule has 2 heterocycles. The van der Waals surface area contributed by atoms with Crippen LogP contribution in [0.3, 0.4) is 0 Å². The van der Waals surface area contributed by atoms with Gasteiger partial charge in [-0.15, -0.1) is 5.10 Å². The van der Waals surface area contributed by atoms with Crippen LogP contribution in [0.2, 0.25) is 5.02 Å². The fraction of sp³-hybridized carbons (Fsp3) is 0.250. The minimum Gasteiger partial charge on any atom is -0.311 e. The Morgan fingerprint density at radius 1 is 1.50 bits per heavy atom. The van der Waals surface area contributed by atoms with Gasteiger partial charge in [0.2, 0.25) is 5.91 Å². The van der Waals surface area contributed by atoms with E-state index in [2.05, 4.69) is 15.4 Å². The molecule has 1 aromatic carbocycles. The molecule has 1 amide bonds. The Bertz CT molecular complexity index is 636. The van der Waals surface area contributed by atoms with Crippen molar-refractivity contribution in [1.29, 1.82) is 0 Å². The number of carbonyl (C=O) groups is 1. The van der Waals surface area contributed by atoms with Gasteiger partial charge in [0, 0.05) is 12.2 Å². The maximum absolute atomic E-state index is 13.2. The number of hydrogen-bond donors (Lipinski definition) is 1. The second kappa shape index (κ2) is 5.41. The number of aromatic amines is 1. The number of aromatic nitrogens is 3. The molecule has 0 spiro atoms. The zero-order valence-electron chi connectivity index (χ0n) is 10.2. The fourth-order valence-electron chi connectivity index (χ4n) is 2.07. The molecule has 0 aliphatic carbocycles. The molecule has 5 nitrogen and oxygen atoms in total. The first-order valence-electron chi connectivity index (χ1n) is 5.94. The number of hydrogen-bond acceptors (Lipinski definition) is 4. The molecule has 0 unspecified atom stereocenters. The number of thioether (sulfide) groups is 1. The third-order valence-electron chi connectivity index (χ3n) is 3.03. The van der Waals surface area contributed by atoms with Crippen LogP contribution in [0, 0.1) is 5.82 Å². The lowest BCUT2D eigenvalue weighted by Gasteiger charge is -2.16. The number of benzene rings is 1. The summed E-state index contributed by atoms with van der Waals surface area (Å²) in [5, 5.41) is 10.6. The third-order valence-corrected chi connectivity index (χ3v) is 4.48. The van der Waals surface area contributed by atoms with Crippen LogP contribution in [-0.4, -0.2) is 33.1 Å². The molecule has 1 atom stereocenters. The van der Waals surface area contributed by atoms with E-state index in [0.29, 0.717) is 23.7 Å². The molecule has 0 radical (unpaired) electrons. The van der Waals surface area contributed by atoms with Crippen molar-refractivity contribution in [2.75, 3.05) is 11.4 Å². The largest absolute Gasteiger partial charge is 0.311 e. The van der Waals surface area contributed by atoms with Crippen LogP contribution in [0.1, 0.15) is 6.42 Å². The molecule has 2 aromatic rings. The predicted molar refractivity (Wildman–Crippen MR) is 74.4 cm³/mol. The van der Waals surface area contributed by atoms with Crippen LogP contribution >= 0.6 is 23.4 Å². The summed E-state index contributed by atoms with van der Waals surface area (Å²) in [4.78, 5) is 14.0. The molecule has 1 aromatic heterocycles. The Labute approximate surface area is 123 Å². The molecule has 1 fully saturated rings. The van der Waals surface area contributed by atoms with E-state index in [-0.39, 0.29) is 16.2 Å². The quantitative estimate of drug-likeness (QED) is 0.946. The van der Waals surface area contributed by atoms with Crippen molar-refractivity contribution in [3.8, 4) is 0 Å². The summed E-state index contributed by atoms with van der Waals surface area (Å²) in [6.07, 6.45) is 2.28. The van der Waals surface area contributed by atoms with Gasteiger partial charge in [-0.25, -0.2) is 4.39 Å². The van der Waals surface area contributed by atoms with Crippen LogP contribution in [0.5, 0.6) is 0 Å². The van der Waals surface area contributed by atoms with Gasteiger partial charge in [0.25, 0.3) is 0 Å². The average Bonchev–Trinajstić information content (AvgIpc) is 3.05. The number of nitrogens with one attached hydrogen (secondary N) is 1. The SMILES string of the molecule is O=C1[C@H](Sc2cn[nH]n2)CCN1c1ccc(F)c(Cl)c1. The van der Waals surface area contributed by atoms with E-state index in [1.807, 2.05) is 0 Å². The fourth-order valence-corrected chi connectivity index (χ4v) is 3.19. The highest BCUT2D eigenvalue weighted by molar-refractivity contribution is 8.00. The van der Waals surface area contributed by atoms with Gasteiger partial charge in [-0.3, -0.25) is 4.79 Å². The third kappa shape index (κ3) is 2.51. The van der Waals surface area contributed by atoms with Crippen LogP contribution in [0.15, 0.2) is 29.4 Å². The molecule has 3 rings (SSSR count). The van der Waals surface area contributed by atoms with Gasteiger partial charge in [-0.05, 0) is 24.6 Å². The highest BCUT2D eigenvalue weighted by Gasteiger charge is 2.34. The van der Waals surface area contributed by atoms with Crippen molar-refractivity contribution in [3.63, 3.8) is 0 Å². The minimum atomic E-state index is -0.490. The summed E-state index contributed by atoms with van der Waals surface area (Å²) < 4.78 is 13.2. The number of nitrogens with zero attached hydrogens (tertiary/aromatic N) is 3. The van der Waals surface area contributed by atoms with E-state index in [1.165, 1.54) is 23.9 Å². The van der Waals surface area contributed by atoms with Crippen LogP contribution in [0.4, 0.5) is 10.1 Å². The molecule has 1 saturated heterocycles. The smallest absolute Gasteiger partial charge is 0.240 e. The number of amides is 1. The summed E-state index contributed by atoms with van der Waals surface area (Å²) in [5.74, 6) is -0.517. The summed E-state index contributed by atoms with van der Waals surface area (Å²) in [7, 11) is 0. The molecule has 1 aliphatic rings. The summed E-state index contributed by atoms with van der Waals surface area (Å²) in [5.41, 5.74) is 0.615. The van der Waals surface area contributed by atoms with Gasteiger partial charge in [0.05, 0.1) is 16.5 Å². The number of carbonyl (C=O) groups excluding carboxylic acids is 1. The standard InChI is InChI=1S/C12H10ClFN4OS/c13-8-5-7(1-2-9(8)14)18-4-3-10(12(18)19)20-11-6-15-17-16-11/h1-2,5-6,10H,3-4H2,(H,15,16,17)/t10-/m1/s1. The number of anilines is 1. The van der Waals surface area contributed by atoms with Gasteiger partial charge in [0.15, 0.2) is 0 Å². The number of H-pyrrole nitrogens is 1. The molecular weight excluding hydrogens is 303 g/mol. The van der Waals surface area contributed by atoms with Crippen LogP contribution in [0.25, 0.3) is 0 Å². The van der Waals surface area contributed by atoms with E-state index in [4.69, 9.17) is 11.6 Å². The first-order valence-corrected chi connectivity index (χ1v) is 7.20. The van der Waals surface area contributed by atoms with E-state index < -0.39 is 5.82 Å². The van der Waals surface area contributed by atoms with Crippen LogP contribution in [-0.2, 0) is 4.79 Å². The number of rotatable bonds is 3. The van der Waals surface area contributed by atoms with E-state index >= 15 is 0 Å². The van der Waals surface area contributed by atoms with Crippen molar-refractivity contribution in [2.45, 2.75) is 16.7 Å². The second-order valence-electron chi connectivity index (χ2n) is 4.29. The van der Waals surface area contributed by atoms with Gasteiger partial charge in [-0.2, -0.15) is 10.3 Å². The first-order chi connectivity index (χ1) is 9.65. The average molecular weight is 313 g/mol. The molecule has 0 saturated carbocycles. The first kappa shape index (κ1) is 13.4. The Hall–Kier alpha value is -1.60. The summed E-state index contributed by atoms with van der Waals surface area (Å²) in [6.45, 7) is 0.580. The lowest BCUT2D eigenvalue weighted by Crippen LogP contribution is -2.28. The molecule has 1 N–H and O–H groups in total. The Morgan fingerprint density at radius 3 is 3.05 bits per heavy atom. The lowest BCUT2D eigenvalue weighted by molar-refractivity contribution is -0.116. The normalized spacial score (nSPS) is 18.8. The van der Waals surface area contributed by atoms with Gasteiger partial charge < -0.3 is 4.90 Å². The molecule has 104 valence electrons. The lowest BCUT2D eigenvalue weighted by atomic mass is 10.3. The van der Waals surface area contributed by atoms with Crippen LogP contribution < -0.4 is 4.90 Å². The maximum Gasteiger partial charge on any atom is 0.240 e. The zero-order valence-corrected chi connectivity index (χ0v) is 11.8. The van der Waals surface area contributed by atoms with Crippen molar-refractivity contribution >= 4 is 35.0 Å². The van der Waals surface area contributed by atoms with E-state index in [1.54, 1.807) is 17.2 Å². The van der Waals surface area contributed by atoms with Crippen molar-refractivity contribution in [1.82, 2.24) is 15.4 Å². The van der Waals surface area contributed by atoms with Crippen molar-refractivity contribution in [3.05, 3.63) is 35.2 Å². The Kier molecular flexibility index (Phi) is 3.62. The monoisotopic (exact) mass is 312 g/mol. The summed E-state index contributed by atoms with van der Waals surface area (Å²) in [6, 6.07) is 4.29. The molecular formula is C12H10ClFN4OS. The molecule has 1 aliphatic heterocycles. The highest BCUT2D eigenvalue weighted by atomic mass is 35.5. The van der Waals surface area contributed by atoms with E-state index in [0.717, 1.165) is 0 Å². The topological polar surface area (TPSA) is 61.9 Å². The van der Waals surface area contributed by atoms with Crippen molar-refractivity contribution < 1.29 is 9.18 Å². The van der Waals surface area contributed by atoms with E-state index in [9.17, 15) is 9.18 Å². The summed E-state index contributed by atoms with van der Waals surface area (Å²) >= 11 is 7.12. The second-order valence-corrected chi connectivity index (χ2v) is 5.92. The molecule has 20 heavy (non-hydrogen) atoms. The van der Waals surface area contributed by atoms with Gasteiger partial charge >= 0.3 is 0 Å². The maximum atomic E-state index is 13.2. The number of halogens is 2. The Morgan fingerprint density at radius 2 is 2.35 bits per heavy atom. The Balaban J connectivity index is 1.76. The van der Waals surface area contributed by atoms with Gasteiger partial charge in [0.1, 0.15) is 10.8 Å². The molecule has 0 bridgehead atoms. The minimum absolute atomic E-state index is 0.0166. The predicted octanol–water partition coefficient (Wildman–Crippen LogP) is 2.49. The van der Waals surface area contributed by atoms with Gasteiger partial charge in [-0.1, -0.05) is 23.4 Å². The molecule has 8 heteroatoms.